The van der Waals surface area contributed by atoms with Crippen molar-refractivity contribution in [3.05, 3.63) is 48.2 Å². The molecule has 154 valence electrons. The second-order valence-electron chi connectivity index (χ2n) is 5.77. The Morgan fingerprint density at radius 1 is 1.25 bits per heavy atom. The van der Waals surface area contributed by atoms with Crippen molar-refractivity contribution in [2.45, 2.75) is 19.6 Å². The van der Waals surface area contributed by atoms with Crippen LogP contribution in [0.4, 0.5) is 0 Å². The number of amides is 1. The van der Waals surface area contributed by atoms with Crippen molar-refractivity contribution in [1.82, 2.24) is 15.6 Å². The molecule has 0 saturated carbocycles. The van der Waals surface area contributed by atoms with Gasteiger partial charge in [0.1, 0.15) is 6.10 Å². The maximum atomic E-state index is 12.0. The van der Waals surface area contributed by atoms with Gasteiger partial charge < -0.3 is 24.8 Å². The highest BCUT2D eigenvalue weighted by Gasteiger charge is 2.21. The summed E-state index contributed by atoms with van der Waals surface area (Å²) in [5.74, 6) is 1.63. The Hall–Kier alpha value is -2.06. The van der Waals surface area contributed by atoms with Crippen LogP contribution in [0, 0.1) is 0 Å². The third kappa shape index (κ3) is 6.83. The summed E-state index contributed by atoms with van der Waals surface area (Å²) in [5, 5.41) is 5.99. The highest BCUT2D eigenvalue weighted by atomic mass is 35.5. The van der Waals surface area contributed by atoms with Crippen molar-refractivity contribution in [3.8, 4) is 17.4 Å². The van der Waals surface area contributed by atoms with Gasteiger partial charge in [-0.25, -0.2) is 4.98 Å². The average molecular weight is 430 g/mol. The van der Waals surface area contributed by atoms with E-state index in [1.165, 1.54) is 0 Å². The summed E-state index contributed by atoms with van der Waals surface area (Å²) in [5.41, 5.74) is 0.882. The molecule has 1 aromatic heterocycles. The normalized spacial score (nSPS) is 15.5. The standard InChI is InChI=1S/C19H23N3O4.2ClH/c1-2-24-15-5-3-4-6-16(15)26-18-8-7-14(11-21-18)12-22-19(23)17-13-20-9-10-25-17;;/h3-8,11,17,20H,2,9-10,12-13H2,1H3,(H,22,23);2*1H. The molecule has 2 heterocycles. The number of nitrogens with zero attached hydrogens (tertiary/aromatic N) is 1. The van der Waals surface area contributed by atoms with Gasteiger partial charge in [0.25, 0.3) is 5.91 Å². The first-order valence-electron chi connectivity index (χ1n) is 8.71. The van der Waals surface area contributed by atoms with Crippen LogP contribution in [0.5, 0.6) is 17.4 Å². The maximum absolute atomic E-state index is 12.0. The zero-order valence-electron chi connectivity index (χ0n) is 15.6. The Balaban J connectivity index is 0.00000196. The van der Waals surface area contributed by atoms with Gasteiger partial charge in [-0.3, -0.25) is 4.79 Å². The molecular formula is C19H25Cl2N3O4. The number of rotatable bonds is 7. The van der Waals surface area contributed by atoms with Crippen molar-refractivity contribution in [3.63, 3.8) is 0 Å². The van der Waals surface area contributed by atoms with Crippen molar-refractivity contribution in [2.24, 2.45) is 0 Å². The summed E-state index contributed by atoms with van der Waals surface area (Å²) in [6.07, 6.45) is 1.24. The summed E-state index contributed by atoms with van der Waals surface area (Å²) in [6.45, 7) is 4.74. The number of benzene rings is 1. The zero-order chi connectivity index (χ0) is 18.2. The Labute approximate surface area is 177 Å². The Morgan fingerprint density at radius 3 is 2.68 bits per heavy atom. The van der Waals surface area contributed by atoms with Crippen LogP contribution in [0.2, 0.25) is 0 Å². The smallest absolute Gasteiger partial charge is 0.250 e. The predicted octanol–water partition coefficient (Wildman–Crippen LogP) is 2.72. The van der Waals surface area contributed by atoms with Crippen LogP contribution in [-0.4, -0.2) is 43.3 Å². The second kappa shape index (κ2) is 12.4. The summed E-state index contributed by atoms with van der Waals surface area (Å²) in [4.78, 5) is 16.3. The third-order valence-electron chi connectivity index (χ3n) is 3.85. The van der Waals surface area contributed by atoms with Gasteiger partial charge in [0, 0.05) is 31.9 Å². The van der Waals surface area contributed by atoms with Gasteiger partial charge in [-0.15, -0.1) is 24.8 Å². The third-order valence-corrected chi connectivity index (χ3v) is 3.85. The highest BCUT2D eigenvalue weighted by Crippen LogP contribution is 2.30. The van der Waals surface area contributed by atoms with Gasteiger partial charge in [0.05, 0.1) is 13.2 Å². The molecule has 1 aliphatic rings. The molecule has 28 heavy (non-hydrogen) atoms. The van der Waals surface area contributed by atoms with Crippen molar-refractivity contribution < 1.29 is 19.0 Å². The lowest BCUT2D eigenvalue weighted by Crippen LogP contribution is -2.47. The lowest BCUT2D eigenvalue weighted by molar-refractivity contribution is -0.134. The van der Waals surface area contributed by atoms with E-state index in [-0.39, 0.29) is 30.7 Å². The maximum Gasteiger partial charge on any atom is 0.250 e. The number of para-hydroxylation sites is 2. The second-order valence-corrected chi connectivity index (χ2v) is 5.77. The molecule has 1 aromatic carbocycles. The number of morpholine rings is 1. The Kier molecular flexibility index (Phi) is 10.6. The first kappa shape index (κ1) is 24.0. The minimum Gasteiger partial charge on any atom is -0.490 e. The SMILES string of the molecule is CCOc1ccccc1Oc1ccc(CNC(=O)C2CNCCO2)cn1.Cl.Cl. The van der Waals surface area contributed by atoms with E-state index in [4.69, 9.17) is 14.2 Å². The molecule has 0 radical (unpaired) electrons. The molecule has 1 saturated heterocycles. The van der Waals surface area contributed by atoms with Crippen LogP contribution in [0.1, 0.15) is 12.5 Å². The first-order valence-corrected chi connectivity index (χ1v) is 8.71. The molecule has 1 unspecified atom stereocenters. The minimum atomic E-state index is -0.436. The van der Waals surface area contributed by atoms with Crippen molar-refractivity contribution >= 4 is 30.7 Å². The lowest BCUT2D eigenvalue weighted by Gasteiger charge is -2.22. The summed E-state index contributed by atoms with van der Waals surface area (Å²) >= 11 is 0. The van der Waals surface area contributed by atoms with Crippen LogP contribution >= 0.6 is 24.8 Å². The van der Waals surface area contributed by atoms with Crippen molar-refractivity contribution in [1.29, 1.82) is 0 Å². The highest BCUT2D eigenvalue weighted by molar-refractivity contribution is 5.85. The number of ether oxygens (including phenoxy) is 3. The lowest BCUT2D eigenvalue weighted by atomic mass is 10.2. The fourth-order valence-corrected chi connectivity index (χ4v) is 2.53. The Bertz CT molecular complexity index is 725. The number of hydrogen-bond acceptors (Lipinski definition) is 6. The fourth-order valence-electron chi connectivity index (χ4n) is 2.53. The number of hydrogen-bond donors (Lipinski definition) is 2. The summed E-state index contributed by atoms with van der Waals surface area (Å²) < 4.78 is 16.7. The monoisotopic (exact) mass is 429 g/mol. The van der Waals surface area contributed by atoms with E-state index in [1.807, 2.05) is 37.3 Å². The molecule has 1 atom stereocenters. The number of aromatic nitrogens is 1. The van der Waals surface area contributed by atoms with Crippen LogP contribution in [0.3, 0.4) is 0 Å². The van der Waals surface area contributed by atoms with Gasteiger partial charge in [-0.1, -0.05) is 18.2 Å². The molecule has 1 fully saturated rings. The fraction of sp³-hybridized carbons (Fsp3) is 0.368. The number of carbonyl (C=O) groups excluding carboxylic acids is 1. The van der Waals surface area contributed by atoms with E-state index in [2.05, 4.69) is 15.6 Å². The number of halogens is 2. The summed E-state index contributed by atoms with van der Waals surface area (Å²) in [7, 11) is 0. The molecule has 0 aliphatic carbocycles. The van der Waals surface area contributed by atoms with Crippen LogP contribution < -0.4 is 20.1 Å². The number of nitrogens with one attached hydrogen (secondary N) is 2. The molecule has 0 spiro atoms. The molecule has 1 amide bonds. The molecule has 2 N–H and O–H groups in total. The molecule has 9 heteroatoms. The van der Waals surface area contributed by atoms with E-state index in [1.54, 1.807) is 12.3 Å². The largest absolute Gasteiger partial charge is 0.490 e. The van der Waals surface area contributed by atoms with Crippen LogP contribution in [0.25, 0.3) is 0 Å². The van der Waals surface area contributed by atoms with E-state index in [0.717, 1.165) is 12.1 Å². The van der Waals surface area contributed by atoms with E-state index < -0.39 is 6.10 Å². The van der Waals surface area contributed by atoms with Crippen molar-refractivity contribution in [2.75, 3.05) is 26.3 Å². The molecule has 7 nitrogen and oxygen atoms in total. The zero-order valence-corrected chi connectivity index (χ0v) is 17.2. The predicted molar refractivity (Wildman–Crippen MR) is 111 cm³/mol. The number of carbonyl (C=O) groups is 1. The minimum absolute atomic E-state index is 0. The average Bonchev–Trinajstić information content (AvgIpc) is 2.69. The molecule has 2 aromatic rings. The quantitative estimate of drug-likeness (QED) is 0.703. The van der Waals surface area contributed by atoms with Crippen LogP contribution in [-0.2, 0) is 16.1 Å². The molecular weight excluding hydrogens is 405 g/mol. The van der Waals surface area contributed by atoms with Gasteiger partial charge in [-0.2, -0.15) is 0 Å². The molecule has 3 rings (SSSR count). The van der Waals surface area contributed by atoms with Gasteiger partial charge >= 0.3 is 0 Å². The topological polar surface area (TPSA) is 81.7 Å². The number of pyridine rings is 1. The van der Waals surface area contributed by atoms with Gasteiger partial charge in [0.15, 0.2) is 11.5 Å². The first-order chi connectivity index (χ1) is 12.8. The molecule has 0 bridgehead atoms. The Morgan fingerprint density at radius 2 is 2.04 bits per heavy atom. The van der Waals surface area contributed by atoms with E-state index in [9.17, 15) is 4.79 Å². The summed E-state index contributed by atoms with van der Waals surface area (Å²) in [6, 6.07) is 11.1. The van der Waals surface area contributed by atoms with Crippen LogP contribution in [0.15, 0.2) is 42.6 Å². The van der Waals surface area contributed by atoms with E-state index in [0.29, 0.717) is 43.7 Å². The van der Waals surface area contributed by atoms with E-state index >= 15 is 0 Å². The van der Waals surface area contributed by atoms with Gasteiger partial charge in [-0.05, 0) is 24.6 Å². The van der Waals surface area contributed by atoms with Gasteiger partial charge in [0.2, 0.25) is 5.88 Å². The molecule has 1 aliphatic heterocycles.